The van der Waals surface area contributed by atoms with Crippen LogP contribution in [0.1, 0.15) is 35.1 Å². The van der Waals surface area contributed by atoms with E-state index >= 15 is 0 Å². The highest BCUT2D eigenvalue weighted by molar-refractivity contribution is 5.37. The molecule has 0 fully saturated rings. The molecule has 1 aliphatic carbocycles. The first-order chi connectivity index (χ1) is 9.33. The highest BCUT2D eigenvalue weighted by Crippen LogP contribution is 2.26. The number of fused-ring (bicyclic) bond motifs is 1. The molecular weight excluding hydrogens is 232 g/mol. The second-order valence-electron chi connectivity index (χ2n) is 5.35. The van der Waals surface area contributed by atoms with Crippen molar-refractivity contribution in [3.8, 4) is 5.75 Å². The van der Waals surface area contributed by atoms with Crippen LogP contribution in [0.2, 0.25) is 0 Å². The van der Waals surface area contributed by atoms with Gasteiger partial charge in [0.25, 0.3) is 0 Å². The van der Waals surface area contributed by atoms with Crippen LogP contribution >= 0.6 is 0 Å². The highest BCUT2D eigenvalue weighted by atomic mass is 16.5. The smallest absolute Gasteiger partial charge is 0.120 e. The van der Waals surface area contributed by atoms with E-state index in [1.807, 2.05) is 0 Å². The molecule has 1 aliphatic rings. The van der Waals surface area contributed by atoms with Gasteiger partial charge in [0.15, 0.2) is 0 Å². The van der Waals surface area contributed by atoms with Crippen LogP contribution in [0, 0.1) is 6.92 Å². The average Bonchev–Trinajstić information content (AvgIpc) is 2.46. The summed E-state index contributed by atoms with van der Waals surface area (Å²) in [6.07, 6.45) is 5.08. The lowest BCUT2D eigenvalue weighted by molar-refractivity contribution is 0.305. The van der Waals surface area contributed by atoms with Gasteiger partial charge in [0.05, 0.1) is 0 Å². The van der Waals surface area contributed by atoms with E-state index in [0.717, 1.165) is 5.75 Å². The van der Waals surface area contributed by atoms with Crippen LogP contribution in [-0.4, -0.2) is 0 Å². The Hall–Kier alpha value is -1.76. The summed E-state index contributed by atoms with van der Waals surface area (Å²) in [5.41, 5.74) is 5.55. The van der Waals surface area contributed by atoms with Crippen molar-refractivity contribution in [2.24, 2.45) is 0 Å². The molecule has 2 aromatic carbocycles. The Balaban J connectivity index is 1.72. The first-order valence-corrected chi connectivity index (χ1v) is 7.12. The molecule has 0 unspecified atom stereocenters. The maximum absolute atomic E-state index is 5.94. The molecule has 1 heteroatoms. The van der Waals surface area contributed by atoms with E-state index in [1.54, 1.807) is 0 Å². The van der Waals surface area contributed by atoms with E-state index in [4.69, 9.17) is 4.74 Å². The summed E-state index contributed by atoms with van der Waals surface area (Å²) >= 11 is 0. The average molecular weight is 252 g/mol. The number of ether oxygens (including phenoxy) is 1. The maximum atomic E-state index is 5.94. The largest absolute Gasteiger partial charge is 0.489 e. The molecule has 3 rings (SSSR count). The normalized spacial score (nSPS) is 13.9. The SMILES string of the molecule is Cc1ccccc1COc1ccc2c(c1)CCCC2. The second kappa shape index (κ2) is 5.48. The van der Waals surface area contributed by atoms with E-state index in [2.05, 4.69) is 49.4 Å². The summed E-state index contributed by atoms with van der Waals surface area (Å²) in [5, 5.41) is 0. The molecule has 0 aliphatic heterocycles. The third kappa shape index (κ3) is 2.81. The Kier molecular flexibility index (Phi) is 3.54. The van der Waals surface area contributed by atoms with Crippen LogP contribution in [0.25, 0.3) is 0 Å². The molecule has 1 nitrogen and oxygen atoms in total. The lowest BCUT2D eigenvalue weighted by Gasteiger charge is -2.17. The van der Waals surface area contributed by atoms with Gasteiger partial charge < -0.3 is 4.74 Å². The topological polar surface area (TPSA) is 9.23 Å². The first kappa shape index (κ1) is 12.3. The van der Waals surface area contributed by atoms with Crippen molar-refractivity contribution in [3.63, 3.8) is 0 Å². The summed E-state index contributed by atoms with van der Waals surface area (Å²) in [5.74, 6) is 1.00. The third-order valence-electron chi connectivity index (χ3n) is 3.98. The molecular formula is C18H20O. The van der Waals surface area contributed by atoms with Gasteiger partial charge in [-0.3, -0.25) is 0 Å². The van der Waals surface area contributed by atoms with Gasteiger partial charge in [0, 0.05) is 0 Å². The second-order valence-corrected chi connectivity index (χ2v) is 5.35. The minimum Gasteiger partial charge on any atom is -0.489 e. The van der Waals surface area contributed by atoms with E-state index in [0.29, 0.717) is 6.61 Å². The molecule has 0 bridgehead atoms. The van der Waals surface area contributed by atoms with E-state index in [-0.39, 0.29) is 0 Å². The summed E-state index contributed by atoms with van der Waals surface area (Å²) in [6.45, 7) is 2.79. The predicted octanol–water partition coefficient (Wildman–Crippen LogP) is 4.45. The monoisotopic (exact) mass is 252 g/mol. The molecule has 19 heavy (non-hydrogen) atoms. The summed E-state index contributed by atoms with van der Waals surface area (Å²) in [7, 11) is 0. The van der Waals surface area contributed by atoms with Gasteiger partial charge in [0.2, 0.25) is 0 Å². The molecule has 0 atom stereocenters. The van der Waals surface area contributed by atoms with Crippen molar-refractivity contribution >= 4 is 0 Å². The standard InChI is InChI=1S/C18H20O/c1-14-6-2-3-9-17(14)13-19-18-11-10-15-7-4-5-8-16(15)12-18/h2-3,6,9-12H,4-5,7-8,13H2,1H3. The summed E-state index contributed by atoms with van der Waals surface area (Å²) in [6, 6.07) is 15.0. The first-order valence-electron chi connectivity index (χ1n) is 7.12. The molecule has 0 spiro atoms. The molecule has 0 heterocycles. The lowest BCUT2D eigenvalue weighted by atomic mass is 9.92. The van der Waals surface area contributed by atoms with Gasteiger partial charge in [0.1, 0.15) is 12.4 Å². The molecule has 0 saturated carbocycles. The molecule has 0 saturated heterocycles. The quantitative estimate of drug-likeness (QED) is 0.784. The van der Waals surface area contributed by atoms with Crippen molar-refractivity contribution in [2.45, 2.75) is 39.2 Å². The molecule has 0 amide bonds. The Morgan fingerprint density at radius 3 is 2.58 bits per heavy atom. The third-order valence-corrected chi connectivity index (χ3v) is 3.98. The zero-order valence-electron chi connectivity index (χ0n) is 11.5. The van der Waals surface area contributed by atoms with Crippen molar-refractivity contribution in [3.05, 3.63) is 64.7 Å². The maximum Gasteiger partial charge on any atom is 0.120 e. The number of hydrogen-bond donors (Lipinski definition) is 0. The molecule has 2 aromatic rings. The Morgan fingerprint density at radius 2 is 1.74 bits per heavy atom. The van der Waals surface area contributed by atoms with E-state index in [1.165, 1.54) is 47.9 Å². The van der Waals surface area contributed by atoms with Crippen molar-refractivity contribution in [1.82, 2.24) is 0 Å². The van der Waals surface area contributed by atoms with E-state index < -0.39 is 0 Å². The van der Waals surface area contributed by atoms with Crippen LogP contribution in [-0.2, 0) is 19.4 Å². The van der Waals surface area contributed by atoms with Gasteiger partial charge in [-0.1, -0.05) is 30.3 Å². The van der Waals surface area contributed by atoms with Gasteiger partial charge in [-0.25, -0.2) is 0 Å². The van der Waals surface area contributed by atoms with Crippen LogP contribution in [0.3, 0.4) is 0 Å². The summed E-state index contributed by atoms with van der Waals surface area (Å²) in [4.78, 5) is 0. The minimum atomic E-state index is 0.658. The lowest BCUT2D eigenvalue weighted by Crippen LogP contribution is -2.03. The fourth-order valence-corrected chi connectivity index (χ4v) is 2.73. The van der Waals surface area contributed by atoms with Gasteiger partial charge in [-0.05, 0) is 67.0 Å². The molecule has 98 valence electrons. The van der Waals surface area contributed by atoms with Crippen molar-refractivity contribution in [1.29, 1.82) is 0 Å². The van der Waals surface area contributed by atoms with Crippen molar-refractivity contribution in [2.75, 3.05) is 0 Å². The van der Waals surface area contributed by atoms with Crippen LogP contribution < -0.4 is 4.74 Å². The Morgan fingerprint density at radius 1 is 0.947 bits per heavy atom. The number of benzene rings is 2. The minimum absolute atomic E-state index is 0.658. The molecule has 0 N–H and O–H groups in total. The fourth-order valence-electron chi connectivity index (χ4n) is 2.73. The predicted molar refractivity (Wildman–Crippen MR) is 78.6 cm³/mol. The Labute approximate surface area is 115 Å². The highest BCUT2D eigenvalue weighted by Gasteiger charge is 2.10. The van der Waals surface area contributed by atoms with Gasteiger partial charge >= 0.3 is 0 Å². The molecule has 0 radical (unpaired) electrons. The summed E-state index contributed by atoms with van der Waals surface area (Å²) < 4.78 is 5.94. The number of aryl methyl sites for hydroxylation is 3. The van der Waals surface area contributed by atoms with Crippen LogP contribution in [0.15, 0.2) is 42.5 Å². The van der Waals surface area contributed by atoms with Crippen molar-refractivity contribution < 1.29 is 4.74 Å². The van der Waals surface area contributed by atoms with Crippen LogP contribution in [0.4, 0.5) is 0 Å². The zero-order chi connectivity index (χ0) is 13.1. The number of rotatable bonds is 3. The van der Waals surface area contributed by atoms with Gasteiger partial charge in [-0.2, -0.15) is 0 Å². The fraction of sp³-hybridized carbons (Fsp3) is 0.333. The van der Waals surface area contributed by atoms with Gasteiger partial charge in [-0.15, -0.1) is 0 Å². The Bertz CT molecular complexity index is 572. The zero-order valence-corrected chi connectivity index (χ0v) is 11.5. The number of hydrogen-bond acceptors (Lipinski definition) is 1. The van der Waals surface area contributed by atoms with E-state index in [9.17, 15) is 0 Å². The van der Waals surface area contributed by atoms with Crippen LogP contribution in [0.5, 0.6) is 5.75 Å². The molecule has 0 aromatic heterocycles.